The number of likely N-dealkylation sites (tertiary alicyclic amines) is 1. The molecular formula is C14H17BrN2O3. The molecule has 6 heteroatoms. The average molecular weight is 341 g/mol. The van der Waals surface area contributed by atoms with Gasteiger partial charge >= 0.3 is 0 Å². The number of benzene rings is 1. The predicted octanol–water partition coefficient (Wildman–Crippen LogP) is 1.21. The van der Waals surface area contributed by atoms with Gasteiger partial charge in [-0.1, -0.05) is 22.0 Å². The van der Waals surface area contributed by atoms with Crippen LogP contribution < -0.4 is 5.73 Å². The summed E-state index contributed by atoms with van der Waals surface area (Å²) in [7, 11) is 0. The number of piperidine rings is 1. The van der Waals surface area contributed by atoms with E-state index < -0.39 is 11.5 Å². The van der Waals surface area contributed by atoms with Crippen LogP contribution in [0.2, 0.25) is 0 Å². The lowest BCUT2D eigenvalue weighted by atomic mass is 9.91. The Labute approximate surface area is 125 Å². The molecule has 0 aliphatic carbocycles. The van der Waals surface area contributed by atoms with E-state index in [4.69, 9.17) is 5.73 Å². The lowest BCUT2D eigenvalue weighted by molar-refractivity contribution is -0.140. The van der Waals surface area contributed by atoms with Crippen molar-refractivity contribution in [2.75, 3.05) is 13.1 Å². The van der Waals surface area contributed by atoms with Gasteiger partial charge in [0, 0.05) is 16.6 Å². The third-order valence-electron chi connectivity index (χ3n) is 3.71. The fraction of sp³-hybridized carbons (Fsp3) is 0.429. The van der Waals surface area contributed by atoms with Gasteiger partial charge < -0.3 is 15.7 Å². The molecule has 1 saturated heterocycles. The number of amides is 2. The van der Waals surface area contributed by atoms with Crippen LogP contribution >= 0.6 is 15.9 Å². The quantitative estimate of drug-likeness (QED) is 0.848. The molecular weight excluding hydrogens is 324 g/mol. The molecule has 0 unspecified atom stereocenters. The summed E-state index contributed by atoms with van der Waals surface area (Å²) in [5.74, 6) is -0.968. The van der Waals surface area contributed by atoms with Gasteiger partial charge in [-0.05, 0) is 37.5 Å². The molecule has 20 heavy (non-hydrogen) atoms. The summed E-state index contributed by atoms with van der Waals surface area (Å²) in [5.41, 5.74) is 5.01. The van der Waals surface area contributed by atoms with Gasteiger partial charge in [-0.15, -0.1) is 0 Å². The number of rotatable bonds is 2. The Bertz CT molecular complexity index is 561. The van der Waals surface area contributed by atoms with E-state index in [0.717, 1.165) is 10.0 Å². The molecule has 1 aliphatic rings. The van der Waals surface area contributed by atoms with Crippen molar-refractivity contribution in [3.05, 3.63) is 33.8 Å². The molecule has 1 fully saturated rings. The number of carbonyl (C=O) groups excluding carboxylic acids is 2. The number of halogens is 1. The average Bonchev–Trinajstić information content (AvgIpc) is 2.41. The molecule has 5 nitrogen and oxygen atoms in total. The van der Waals surface area contributed by atoms with Gasteiger partial charge in [0.1, 0.15) is 0 Å². The van der Waals surface area contributed by atoms with E-state index in [1.165, 1.54) is 4.90 Å². The van der Waals surface area contributed by atoms with Crippen molar-refractivity contribution in [1.29, 1.82) is 0 Å². The fourth-order valence-corrected chi connectivity index (χ4v) is 2.79. The van der Waals surface area contributed by atoms with E-state index in [0.29, 0.717) is 24.9 Å². The van der Waals surface area contributed by atoms with Crippen LogP contribution in [0.3, 0.4) is 0 Å². The van der Waals surface area contributed by atoms with E-state index in [-0.39, 0.29) is 12.5 Å². The fourth-order valence-electron chi connectivity index (χ4n) is 2.42. The van der Waals surface area contributed by atoms with Crippen molar-refractivity contribution in [3.8, 4) is 0 Å². The molecule has 108 valence electrons. The Kier molecular flexibility index (Phi) is 4.15. The highest BCUT2D eigenvalue weighted by Gasteiger charge is 2.40. The Morgan fingerprint density at radius 2 is 2.15 bits per heavy atom. The monoisotopic (exact) mass is 340 g/mol. The van der Waals surface area contributed by atoms with Crippen LogP contribution in [0.4, 0.5) is 0 Å². The summed E-state index contributed by atoms with van der Waals surface area (Å²) >= 11 is 3.39. The highest BCUT2D eigenvalue weighted by atomic mass is 79.9. The molecule has 3 N–H and O–H groups in total. The van der Waals surface area contributed by atoms with E-state index in [9.17, 15) is 14.7 Å². The van der Waals surface area contributed by atoms with Crippen LogP contribution in [0, 0.1) is 6.92 Å². The lowest BCUT2D eigenvalue weighted by Gasteiger charge is -2.37. The molecule has 1 aliphatic heterocycles. The first-order valence-electron chi connectivity index (χ1n) is 6.42. The predicted molar refractivity (Wildman–Crippen MR) is 78.2 cm³/mol. The Morgan fingerprint density at radius 1 is 1.45 bits per heavy atom. The minimum absolute atomic E-state index is 0.0485. The molecule has 1 atom stereocenters. The number of hydrogen-bond acceptors (Lipinski definition) is 3. The number of nitrogens with zero attached hydrogens (tertiary/aromatic N) is 1. The van der Waals surface area contributed by atoms with E-state index in [2.05, 4.69) is 15.9 Å². The largest absolute Gasteiger partial charge is 0.378 e. The van der Waals surface area contributed by atoms with Crippen molar-refractivity contribution in [1.82, 2.24) is 4.90 Å². The van der Waals surface area contributed by atoms with E-state index >= 15 is 0 Å². The number of aliphatic hydroxyl groups is 1. The SMILES string of the molecule is Cc1c(Br)cccc1C(=O)N1CCC[C@](O)(C(N)=O)C1. The van der Waals surface area contributed by atoms with Gasteiger partial charge in [0.05, 0.1) is 6.54 Å². The first-order valence-corrected chi connectivity index (χ1v) is 7.21. The normalized spacial score (nSPS) is 22.6. The van der Waals surface area contributed by atoms with Gasteiger partial charge in [0.15, 0.2) is 5.60 Å². The summed E-state index contributed by atoms with van der Waals surface area (Å²) in [4.78, 5) is 25.3. The first kappa shape index (κ1) is 15.0. The van der Waals surface area contributed by atoms with Crippen molar-refractivity contribution in [3.63, 3.8) is 0 Å². The second-order valence-corrected chi connectivity index (χ2v) is 5.99. The Hall–Kier alpha value is -1.40. The maximum Gasteiger partial charge on any atom is 0.254 e. The van der Waals surface area contributed by atoms with Crippen molar-refractivity contribution in [2.24, 2.45) is 5.73 Å². The molecule has 0 radical (unpaired) electrons. The van der Waals surface area contributed by atoms with Crippen LogP contribution in [-0.2, 0) is 4.79 Å². The standard InChI is InChI=1S/C14H17BrN2O3/c1-9-10(4-2-5-11(9)15)12(18)17-7-3-6-14(20,8-17)13(16)19/h2,4-5,20H,3,6-8H2,1H3,(H2,16,19)/t14-/m1/s1. The molecule has 1 heterocycles. The van der Waals surface area contributed by atoms with E-state index in [1.54, 1.807) is 12.1 Å². The van der Waals surface area contributed by atoms with Gasteiger partial charge in [-0.2, -0.15) is 0 Å². The molecule has 0 aromatic heterocycles. The summed E-state index contributed by atoms with van der Waals surface area (Å²) in [6.07, 6.45) is 0.849. The van der Waals surface area contributed by atoms with Gasteiger partial charge in [0.25, 0.3) is 11.8 Å². The highest BCUT2D eigenvalue weighted by Crippen LogP contribution is 2.25. The highest BCUT2D eigenvalue weighted by molar-refractivity contribution is 9.10. The minimum Gasteiger partial charge on any atom is -0.378 e. The van der Waals surface area contributed by atoms with Gasteiger partial charge in [-0.3, -0.25) is 9.59 Å². The summed E-state index contributed by atoms with van der Waals surface area (Å²) in [6, 6.07) is 5.39. The molecule has 1 aromatic rings. The van der Waals surface area contributed by atoms with Crippen LogP contribution in [0.5, 0.6) is 0 Å². The topological polar surface area (TPSA) is 83.6 Å². The summed E-state index contributed by atoms with van der Waals surface area (Å²) in [6.45, 7) is 2.31. The number of primary amides is 1. The summed E-state index contributed by atoms with van der Waals surface area (Å²) < 4.78 is 0.852. The van der Waals surface area contributed by atoms with Crippen LogP contribution in [-0.4, -0.2) is 40.5 Å². The second-order valence-electron chi connectivity index (χ2n) is 5.14. The van der Waals surface area contributed by atoms with Crippen LogP contribution in [0.1, 0.15) is 28.8 Å². The second kappa shape index (κ2) is 5.54. The maximum atomic E-state index is 12.5. The number of β-amino-alcohol motifs (C(OH)–C–C–N with tert-alkyl or cyclic N) is 1. The van der Waals surface area contributed by atoms with Crippen LogP contribution in [0.15, 0.2) is 22.7 Å². The van der Waals surface area contributed by atoms with Crippen LogP contribution in [0.25, 0.3) is 0 Å². The third kappa shape index (κ3) is 2.71. The first-order chi connectivity index (χ1) is 9.35. The van der Waals surface area contributed by atoms with Crippen molar-refractivity contribution >= 4 is 27.7 Å². The van der Waals surface area contributed by atoms with Gasteiger partial charge in [0.2, 0.25) is 0 Å². The molecule has 2 rings (SSSR count). The van der Waals surface area contributed by atoms with E-state index in [1.807, 2.05) is 13.0 Å². The zero-order valence-corrected chi connectivity index (χ0v) is 12.8. The molecule has 1 aromatic carbocycles. The van der Waals surface area contributed by atoms with Crippen molar-refractivity contribution in [2.45, 2.75) is 25.4 Å². The molecule has 0 saturated carbocycles. The molecule has 0 bridgehead atoms. The number of hydrogen-bond donors (Lipinski definition) is 2. The van der Waals surface area contributed by atoms with Crippen molar-refractivity contribution < 1.29 is 14.7 Å². The molecule has 0 spiro atoms. The van der Waals surface area contributed by atoms with Gasteiger partial charge in [-0.25, -0.2) is 0 Å². The Balaban J connectivity index is 2.25. The minimum atomic E-state index is -1.62. The third-order valence-corrected chi connectivity index (χ3v) is 4.57. The number of carbonyl (C=O) groups is 2. The zero-order valence-electron chi connectivity index (χ0n) is 11.2. The maximum absolute atomic E-state index is 12.5. The Morgan fingerprint density at radius 3 is 2.80 bits per heavy atom. The lowest BCUT2D eigenvalue weighted by Crippen LogP contribution is -2.57. The summed E-state index contributed by atoms with van der Waals surface area (Å²) in [5, 5.41) is 10.2. The number of nitrogens with two attached hydrogens (primary N) is 1. The zero-order chi connectivity index (χ0) is 14.9. The smallest absolute Gasteiger partial charge is 0.254 e. The molecule has 2 amide bonds.